The van der Waals surface area contributed by atoms with Crippen LogP contribution in [-0.2, 0) is 38.6 Å². The highest BCUT2D eigenvalue weighted by Gasteiger charge is 2.37. The van der Waals surface area contributed by atoms with E-state index < -0.39 is 17.9 Å². The number of hydrogen-bond donors (Lipinski definition) is 1. The molecule has 0 radical (unpaired) electrons. The smallest absolute Gasteiger partial charge is 0.305 e. The topological polar surface area (TPSA) is 108 Å². The summed E-state index contributed by atoms with van der Waals surface area (Å²) in [6, 6.07) is 12.9. The number of fused-ring (bicyclic) bond motifs is 1. The van der Waals surface area contributed by atoms with Gasteiger partial charge in [-0.05, 0) is 61.3 Å². The Bertz CT molecular complexity index is 1080. The van der Waals surface area contributed by atoms with Gasteiger partial charge in [-0.25, -0.2) is 0 Å². The van der Waals surface area contributed by atoms with Gasteiger partial charge in [0.05, 0.1) is 13.7 Å². The first-order chi connectivity index (χ1) is 17.5. The van der Waals surface area contributed by atoms with Crippen LogP contribution in [0.15, 0.2) is 42.5 Å². The van der Waals surface area contributed by atoms with Crippen LogP contribution in [0.1, 0.15) is 59.2 Å². The van der Waals surface area contributed by atoms with Gasteiger partial charge in [-0.2, -0.15) is 0 Å². The molecule has 36 heavy (non-hydrogen) atoms. The number of methoxy groups -OCH3 is 1. The number of carbonyl (C=O) groups is 3. The fraction of sp³-hybridized carbons (Fsp3) is 0.464. The molecule has 0 bridgehead atoms. The van der Waals surface area contributed by atoms with E-state index in [1.54, 1.807) is 12.1 Å². The van der Waals surface area contributed by atoms with Crippen molar-refractivity contribution in [3.05, 3.63) is 64.7 Å². The summed E-state index contributed by atoms with van der Waals surface area (Å²) >= 11 is 0. The number of nitrogens with zero attached hydrogens (tertiary/aromatic N) is 1. The van der Waals surface area contributed by atoms with E-state index >= 15 is 0 Å². The van der Waals surface area contributed by atoms with Gasteiger partial charge in [-0.15, -0.1) is 0 Å². The maximum atomic E-state index is 13.0. The molecule has 0 aliphatic carbocycles. The molecule has 1 unspecified atom stereocenters. The van der Waals surface area contributed by atoms with E-state index in [4.69, 9.17) is 15.2 Å². The normalized spacial score (nSPS) is 16.5. The van der Waals surface area contributed by atoms with Gasteiger partial charge in [0.15, 0.2) is 0 Å². The predicted molar refractivity (Wildman–Crippen MR) is 133 cm³/mol. The molecule has 0 saturated carbocycles. The lowest BCUT2D eigenvalue weighted by molar-refractivity contribution is -0.141. The van der Waals surface area contributed by atoms with E-state index in [1.165, 1.54) is 24.0 Å². The third kappa shape index (κ3) is 6.23. The molecule has 8 heteroatoms. The molecule has 192 valence electrons. The van der Waals surface area contributed by atoms with Gasteiger partial charge in [0.25, 0.3) is 5.91 Å². The lowest BCUT2D eigenvalue weighted by Crippen LogP contribution is -2.45. The van der Waals surface area contributed by atoms with Crippen molar-refractivity contribution < 1.29 is 28.6 Å². The third-order valence-electron chi connectivity index (χ3n) is 7.11. The molecule has 1 atom stereocenters. The molecule has 0 spiro atoms. The monoisotopic (exact) mass is 494 g/mol. The first-order valence-electron chi connectivity index (χ1n) is 12.5. The summed E-state index contributed by atoms with van der Waals surface area (Å²) < 4.78 is 16.2. The molecule has 2 heterocycles. The second kappa shape index (κ2) is 12.0. The molecule has 2 aliphatic heterocycles. The highest BCUT2D eigenvalue weighted by molar-refractivity contribution is 6.01. The van der Waals surface area contributed by atoms with Gasteiger partial charge in [-0.3, -0.25) is 14.4 Å². The number of aryl methyl sites for hydroxylation is 1. The zero-order valence-corrected chi connectivity index (χ0v) is 20.7. The Morgan fingerprint density at radius 1 is 1.11 bits per heavy atom. The first kappa shape index (κ1) is 25.7. The standard InChI is InChI=1S/C28H34N2O6/c1-34-26(31)12-11-24(27(29)32)30-17-23-22(28(30)33)3-2-4-25(23)36-18-21-9-7-19(8-10-21)5-6-20-13-15-35-16-14-20/h2-4,7-10,20,24H,5-6,11-18H2,1H3,(H2,29,32). The lowest BCUT2D eigenvalue weighted by Gasteiger charge is -2.24. The molecule has 0 aromatic heterocycles. The Labute approximate surface area is 211 Å². The van der Waals surface area contributed by atoms with Crippen molar-refractivity contribution in [2.75, 3.05) is 20.3 Å². The van der Waals surface area contributed by atoms with Gasteiger partial charge in [0.2, 0.25) is 5.91 Å². The number of esters is 1. The fourth-order valence-electron chi connectivity index (χ4n) is 4.89. The van der Waals surface area contributed by atoms with Gasteiger partial charge < -0.3 is 24.8 Å². The fourth-order valence-corrected chi connectivity index (χ4v) is 4.89. The number of amides is 2. The highest BCUT2D eigenvalue weighted by atomic mass is 16.5. The van der Waals surface area contributed by atoms with E-state index in [9.17, 15) is 14.4 Å². The minimum atomic E-state index is -0.898. The van der Waals surface area contributed by atoms with Crippen LogP contribution in [-0.4, -0.2) is 49.0 Å². The second-order valence-corrected chi connectivity index (χ2v) is 9.45. The molecule has 1 fully saturated rings. The summed E-state index contributed by atoms with van der Waals surface area (Å²) in [5.74, 6) is -0.0524. The summed E-state index contributed by atoms with van der Waals surface area (Å²) in [6.07, 6.45) is 4.66. The predicted octanol–water partition coefficient (Wildman–Crippen LogP) is 3.39. The summed E-state index contributed by atoms with van der Waals surface area (Å²) in [5.41, 5.74) is 9.13. The number of primary amides is 1. The van der Waals surface area contributed by atoms with E-state index in [2.05, 4.69) is 29.0 Å². The minimum absolute atomic E-state index is 0.00133. The van der Waals surface area contributed by atoms with Gasteiger partial charge in [-0.1, -0.05) is 30.3 Å². The Kier molecular flexibility index (Phi) is 8.59. The molecular weight excluding hydrogens is 460 g/mol. The van der Waals surface area contributed by atoms with Crippen LogP contribution in [0.2, 0.25) is 0 Å². The van der Waals surface area contributed by atoms with Crippen LogP contribution in [0.5, 0.6) is 5.75 Å². The Balaban J connectivity index is 1.36. The van der Waals surface area contributed by atoms with E-state index in [1.807, 2.05) is 6.07 Å². The van der Waals surface area contributed by atoms with E-state index in [0.717, 1.165) is 49.5 Å². The minimum Gasteiger partial charge on any atom is -0.489 e. The van der Waals surface area contributed by atoms with Crippen LogP contribution in [0.3, 0.4) is 0 Å². The summed E-state index contributed by atoms with van der Waals surface area (Å²) in [4.78, 5) is 38.1. The van der Waals surface area contributed by atoms with Crippen molar-refractivity contribution in [1.29, 1.82) is 0 Å². The van der Waals surface area contributed by atoms with Crippen LogP contribution in [0.4, 0.5) is 0 Å². The molecule has 2 aromatic carbocycles. The van der Waals surface area contributed by atoms with E-state index in [-0.39, 0.29) is 25.3 Å². The quantitative estimate of drug-likeness (QED) is 0.480. The molecule has 4 rings (SSSR count). The second-order valence-electron chi connectivity index (χ2n) is 9.45. The van der Waals surface area contributed by atoms with Crippen molar-refractivity contribution in [2.45, 2.75) is 57.7 Å². The number of hydrogen-bond acceptors (Lipinski definition) is 6. The average molecular weight is 495 g/mol. The number of rotatable bonds is 11. The highest BCUT2D eigenvalue weighted by Crippen LogP contribution is 2.33. The Hall–Kier alpha value is -3.39. The van der Waals surface area contributed by atoms with Crippen LogP contribution in [0, 0.1) is 5.92 Å². The van der Waals surface area contributed by atoms with E-state index in [0.29, 0.717) is 17.9 Å². The average Bonchev–Trinajstić information content (AvgIpc) is 3.23. The maximum absolute atomic E-state index is 13.0. The summed E-state index contributed by atoms with van der Waals surface area (Å²) in [7, 11) is 1.28. The molecular formula is C28H34N2O6. The van der Waals surface area contributed by atoms with Gasteiger partial charge >= 0.3 is 5.97 Å². The van der Waals surface area contributed by atoms with Gasteiger partial charge in [0, 0.05) is 30.8 Å². The summed E-state index contributed by atoms with van der Waals surface area (Å²) in [5, 5.41) is 0. The van der Waals surface area contributed by atoms with Crippen molar-refractivity contribution >= 4 is 17.8 Å². The maximum Gasteiger partial charge on any atom is 0.305 e. The lowest BCUT2D eigenvalue weighted by atomic mass is 9.93. The molecule has 1 saturated heterocycles. The summed E-state index contributed by atoms with van der Waals surface area (Å²) in [6.45, 7) is 2.32. The zero-order valence-electron chi connectivity index (χ0n) is 20.7. The van der Waals surface area contributed by atoms with Crippen molar-refractivity contribution in [3.8, 4) is 5.75 Å². The number of ether oxygens (including phenoxy) is 3. The SMILES string of the molecule is COC(=O)CCC(C(N)=O)N1Cc2c(OCc3ccc(CCC4CCOCC4)cc3)cccc2C1=O. The molecule has 2 aromatic rings. The van der Waals surface area contributed by atoms with Crippen LogP contribution in [0.25, 0.3) is 0 Å². The molecule has 2 amide bonds. The number of benzene rings is 2. The Morgan fingerprint density at radius 3 is 2.53 bits per heavy atom. The van der Waals surface area contributed by atoms with Crippen molar-refractivity contribution in [2.24, 2.45) is 11.7 Å². The zero-order chi connectivity index (χ0) is 25.5. The molecule has 8 nitrogen and oxygen atoms in total. The Morgan fingerprint density at radius 2 is 1.83 bits per heavy atom. The largest absolute Gasteiger partial charge is 0.489 e. The van der Waals surface area contributed by atoms with Crippen LogP contribution < -0.4 is 10.5 Å². The van der Waals surface area contributed by atoms with Crippen molar-refractivity contribution in [1.82, 2.24) is 4.90 Å². The van der Waals surface area contributed by atoms with Crippen molar-refractivity contribution in [3.63, 3.8) is 0 Å². The number of carbonyl (C=O) groups excluding carboxylic acids is 3. The molecule has 2 aliphatic rings. The van der Waals surface area contributed by atoms with Crippen LogP contribution >= 0.6 is 0 Å². The third-order valence-corrected chi connectivity index (χ3v) is 7.11. The number of nitrogens with two attached hydrogens (primary N) is 1. The van der Waals surface area contributed by atoms with Gasteiger partial charge in [0.1, 0.15) is 18.4 Å². The molecule has 2 N–H and O–H groups in total. The first-order valence-corrected chi connectivity index (χ1v) is 12.5.